The molecule has 3 aromatic rings. The topological polar surface area (TPSA) is 53.3 Å². The predicted molar refractivity (Wildman–Crippen MR) is 124 cm³/mol. The molecular weight excluding hydrogens is 392 g/mol. The fourth-order valence-electron chi connectivity index (χ4n) is 4.66. The summed E-state index contributed by atoms with van der Waals surface area (Å²) >= 11 is 5.64. The number of rotatable bonds is 5. The number of thiocarbonyl (C=S) groups is 1. The van der Waals surface area contributed by atoms with Gasteiger partial charge in [-0.15, -0.1) is 0 Å². The predicted octanol–water partition coefficient (Wildman–Crippen LogP) is 4.07. The van der Waals surface area contributed by atoms with Crippen LogP contribution in [0, 0.1) is 27.7 Å². The molecule has 4 rings (SSSR count). The maximum Gasteiger partial charge on any atom is 0.170 e. The van der Waals surface area contributed by atoms with E-state index in [0.29, 0.717) is 11.7 Å². The van der Waals surface area contributed by atoms with Gasteiger partial charge < -0.3 is 19.9 Å². The van der Waals surface area contributed by atoms with Crippen molar-refractivity contribution in [3.05, 3.63) is 82.4 Å². The summed E-state index contributed by atoms with van der Waals surface area (Å²) in [6, 6.07) is 14.7. The molecule has 5 nitrogen and oxygen atoms in total. The van der Waals surface area contributed by atoms with Gasteiger partial charge in [0.15, 0.2) is 5.11 Å². The number of aromatic nitrogens is 2. The Morgan fingerprint density at radius 1 is 1.07 bits per heavy atom. The summed E-state index contributed by atoms with van der Waals surface area (Å²) in [5.41, 5.74) is 8.16. The van der Waals surface area contributed by atoms with E-state index in [1.165, 1.54) is 33.8 Å². The van der Waals surface area contributed by atoms with Crippen molar-refractivity contribution in [1.82, 2.24) is 19.8 Å². The molecule has 0 saturated carbocycles. The monoisotopic (exact) mass is 420 g/mol. The Kier molecular flexibility index (Phi) is 5.62. The largest absolute Gasteiger partial charge is 0.395 e. The van der Waals surface area contributed by atoms with E-state index >= 15 is 0 Å². The molecule has 0 bridgehead atoms. The lowest BCUT2D eigenvalue weighted by Crippen LogP contribution is -2.32. The highest BCUT2D eigenvalue weighted by Gasteiger charge is 2.41. The molecule has 2 N–H and O–H groups in total. The fourth-order valence-corrected chi connectivity index (χ4v) is 4.99. The third-order valence-corrected chi connectivity index (χ3v) is 6.14. The van der Waals surface area contributed by atoms with E-state index in [2.05, 4.69) is 71.7 Å². The molecule has 0 unspecified atom stereocenters. The maximum atomic E-state index is 9.68. The quantitative estimate of drug-likeness (QED) is 0.610. The third-order valence-electron chi connectivity index (χ3n) is 5.79. The van der Waals surface area contributed by atoms with Crippen molar-refractivity contribution < 1.29 is 5.11 Å². The highest BCUT2D eigenvalue weighted by molar-refractivity contribution is 7.80. The second-order valence-electron chi connectivity index (χ2n) is 8.05. The minimum atomic E-state index is -0.0709. The average Bonchev–Trinajstić information content (AvgIpc) is 3.18. The number of hydrogen-bond donors (Lipinski definition) is 2. The summed E-state index contributed by atoms with van der Waals surface area (Å²) < 4.78 is 2.31. The first-order valence-corrected chi connectivity index (χ1v) is 10.7. The molecule has 6 heteroatoms. The van der Waals surface area contributed by atoms with Crippen LogP contribution in [0.2, 0.25) is 0 Å². The van der Waals surface area contributed by atoms with E-state index in [1.54, 1.807) is 0 Å². The Hall–Kier alpha value is -2.70. The number of β-amino-alcohol motifs (C(OH)–C–C–N with tert-alkyl or cyclic N) is 1. The standard InChI is InChI=1S/C24H28N4OS/c1-15-11-16(2)13-19(12-15)28-17(3)14-20(18(28)4)23-22(21-7-5-6-8-25-21)26-24(30)27(23)9-10-29/h5-8,11-14,22-23,29H,9-10H2,1-4H3,(H,26,30)/t22-,23+/m0/s1. The Labute approximate surface area is 183 Å². The summed E-state index contributed by atoms with van der Waals surface area (Å²) in [5.74, 6) is 0. The van der Waals surface area contributed by atoms with E-state index in [-0.39, 0.29) is 18.7 Å². The van der Waals surface area contributed by atoms with Crippen molar-refractivity contribution >= 4 is 17.3 Å². The molecule has 0 spiro atoms. The number of nitrogens with one attached hydrogen (secondary N) is 1. The Bertz CT molecular complexity index is 1060. The number of hydrogen-bond acceptors (Lipinski definition) is 3. The van der Waals surface area contributed by atoms with Crippen LogP contribution in [0.25, 0.3) is 5.69 Å². The van der Waals surface area contributed by atoms with Gasteiger partial charge in [-0.2, -0.15) is 0 Å². The van der Waals surface area contributed by atoms with Gasteiger partial charge in [-0.3, -0.25) is 4.98 Å². The molecule has 0 radical (unpaired) electrons. The van der Waals surface area contributed by atoms with Crippen molar-refractivity contribution in [3.8, 4) is 5.69 Å². The maximum absolute atomic E-state index is 9.68. The summed E-state index contributed by atoms with van der Waals surface area (Å²) in [4.78, 5) is 6.67. The van der Waals surface area contributed by atoms with E-state index in [9.17, 15) is 5.11 Å². The SMILES string of the molecule is Cc1cc(C)cc(-n2c(C)cc([C@@H]3[C@H](c4ccccn4)NC(=S)N3CCO)c2C)c1. The smallest absolute Gasteiger partial charge is 0.170 e. The van der Waals surface area contributed by atoms with Crippen LogP contribution in [-0.4, -0.2) is 37.8 Å². The van der Waals surface area contributed by atoms with Gasteiger partial charge in [-0.25, -0.2) is 0 Å². The van der Waals surface area contributed by atoms with Crippen molar-refractivity contribution in [3.63, 3.8) is 0 Å². The molecule has 156 valence electrons. The average molecular weight is 421 g/mol. The molecule has 30 heavy (non-hydrogen) atoms. The molecular formula is C24H28N4OS. The van der Waals surface area contributed by atoms with Gasteiger partial charge in [0.1, 0.15) is 0 Å². The van der Waals surface area contributed by atoms with Crippen LogP contribution >= 0.6 is 12.2 Å². The van der Waals surface area contributed by atoms with Crippen molar-refractivity contribution in [2.45, 2.75) is 39.8 Å². The summed E-state index contributed by atoms with van der Waals surface area (Å²) in [7, 11) is 0. The van der Waals surface area contributed by atoms with Crippen LogP contribution < -0.4 is 5.32 Å². The third kappa shape index (κ3) is 3.61. The lowest BCUT2D eigenvalue weighted by molar-refractivity contribution is 0.223. The van der Waals surface area contributed by atoms with Crippen molar-refractivity contribution in [1.29, 1.82) is 0 Å². The van der Waals surface area contributed by atoms with Gasteiger partial charge in [0.2, 0.25) is 0 Å². The number of pyridine rings is 1. The van der Waals surface area contributed by atoms with E-state index in [0.717, 1.165) is 5.69 Å². The minimum absolute atomic E-state index is 0.0367. The van der Waals surface area contributed by atoms with Crippen LogP contribution in [0.5, 0.6) is 0 Å². The molecule has 3 heterocycles. The Morgan fingerprint density at radius 2 is 1.80 bits per heavy atom. The van der Waals surface area contributed by atoms with Crippen LogP contribution in [0.3, 0.4) is 0 Å². The highest BCUT2D eigenvalue weighted by Crippen LogP contribution is 2.41. The summed E-state index contributed by atoms with van der Waals surface area (Å²) in [6.07, 6.45) is 1.81. The normalized spacial score (nSPS) is 18.7. The van der Waals surface area contributed by atoms with Crippen LogP contribution in [0.1, 0.15) is 45.9 Å². The second-order valence-corrected chi connectivity index (χ2v) is 8.44. The molecule has 2 atom stereocenters. The van der Waals surface area contributed by atoms with E-state index in [1.807, 2.05) is 24.4 Å². The van der Waals surface area contributed by atoms with Gasteiger partial charge in [0.25, 0.3) is 0 Å². The molecule has 0 amide bonds. The Balaban J connectivity index is 1.85. The van der Waals surface area contributed by atoms with Crippen LogP contribution in [0.4, 0.5) is 0 Å². The first-order chi connectivity index (χ1) is 14.4. The van der Waals surface area contributed by atoms with Gasteiger partial charge >= 0.3 is 0 Å². The summed E-state index contributed by atoms with van der Waals surface area (Å²) in [5, 5.41) is 13.8. The summed E-state index contributed by atoms with van der Waals surface area (Å²) in [6.45, 7) is 9.08. The van der Waals surface area contributed by atoms with Gasteiger partial charge in [0, 0.05) is 29.8 Å². The molecule has 1 aliphatic rings. The van der Waals surface area contributed by atoms with Crippen molar-refractivity contribution in [2.24, 2.45) is 0 Å². The molecule has 1 saturated heterocycles. The first kappa shape index (κ1) is 20.6. The zero-order chi connectivity index (χ0) is 21.4. The number of aliphatic hydroxyl groups is 1. The zero-order valence-corrected chi connectivity index (χ0v) is 18.7. The van der Waals surface area contributed by atoms with Gasteiger partial charge in [0.05, 0.1) is 24.4 Å². The second kappa shape index (κ2) is 8.20. The molecule has 2 aromatic heterocycles. The molecule has 1 fully saturated rings. The highest BCUT2D eigenvalue weighted by atomic mass is 32.1. The lowest BCUT2D eigenvalue weighted by atomic mass is 9.97. The van der Waals surface area contributed by atoms with Gasteiger partial charge in [-0.05, 0) is 86.9 Å². The molecule has 1 aromatic carbocycles. The number of aryl methyl sites for hydroxylation is 3. The lowest BCUT2D eigenvalue weighted by Gasteiger charge is -2.27. The van der Waals surface area contributed by atoms with Gasteiger partial charge in [-0.1, -0.05) is 12.1 Å². The Morgan fingerprint density at radius 3 is 2.43 bits per heavy atom. The number of nitrogens with zero attached hydrogens (tertiary/aromatic N) is 3. The fraction of sp³-hybridized carbons (Fsp3) is 0.333. The van der Waals surface area contributed by atoms with Crippen LogP contribution in [-0.2, 0) is 0 Å². The van der Waals surface area contributed by atoms with E-state index in [4.69, 9.17) is 12.2 Å². The minimum Gasteiger partial charge on any atom is -0.395 e. The molecule has 0 aliphatic carbocycles. The number of benzene rings is 1. The van der Waals surface area contributed by atoms with Crippen molar-refractivity contribution in [2.75, 3.05) is 13.2 Å². The zero-order valence-electron chi connectivity index (χ0n) is 17.9. The molecule has 1 aliphatic heterocycles. The van der Waals surface area contributed by atoms with Crippen LogP contribution in [0.15, 0.2) is 48.7 Å². The number of aliphatic hydroxyl groups excluding tert-OH is 1. The van der Waals surface area contributed by atoms with E-state index < -0.39 is 0 Å². The first-order valence-electron chi connectivity index (χ1n) is 10.3.